The van der Waals surface area contributed by atoms with E-state index in [0.717, 1.165) is 16.8 Å². The van der Waals surface area contributed by atoms with Crippen LogP contribution in [0.15, 0.2) is 52.4 Å². The van der Waals surface area contributed by atoms with Crippen LogP contribution in [0.25, 0.3) is 16.6 Å². The van der Waals surface area contributed by atoms with Gasteiger partial charge in [0, 0.05) is 0 Å². The molecule has 0 spiro atoms. The fourth-order valence-corrected chi connectivity index (χ4v) is 3.68. The zero-order chi connectivity index (χ0) is 18.8. The zero-order valence-electron chi connectivity index (χ0n) is 15.1. The molecule has 3 aromatic rings. The van der Waals surface area contributed by atoms with Gasteiger partial charge in [-0.15, -0.1) is 0 Å². The summed E-state index contributed by atoms with van der Waals surface area (Å²) in [4.78, 5) is 29.8. The Kier molecular flexibility index (Phi) is 5.13. The van der Waals surface area contributed by atoms with Crippen LogP contribution in [-0.2, 0) is 9.53 Å². The second-order valence-corrected chi connectivity index (χ2v) is 7.43. The van der Waals surface area contributed by atoms with Gasteiger partial charge in [-0.2, -0.15) is 0 Å². The number of fused-ring (bicyclic) bond motifs is 1. The second-order valence-electron chi connectivity index (χ2n) is 6.13. The molecule has 0 fully saturated rings. The number of nitrogens with zero attached hydrogens (tertiary/aromatic N) is 2. The molecule has 0 aliphatic rings. The van der Waals surface area contributed by atoms with Crippen molar-refractivity contribution in [3.8, 4) is 5.69 Å². The fourth-order valence-electron chi connectivity index (χ4n) is 2.74. The SMILES string of the molecule is COC(=O)[C@H](C)Sc1nc2ccccc2c(=O)n1-c1cc(C)ccc1C. The molecule has 0 saturated heterocycles. The topological polar surface area (TPSA) is 61.2 Å². The highest BCUT2D eigenvalue weighted by molar-refractivity contribution is 8.00. The van der Waals surface area contributed by atoms with Crippen LogP contribution in [0, 0.1) is 13.8 Å². The molecule has 134 valence electrons. The average Bonchev–Trinajstić information content (AvgIpc) is 2.63. The quantitative estimate of drug-likeness (QED) is 0.400. The van der Waals surface area contributed by atoms with Crippen LogP contribution in [0.5, 0.6) is 0 Å². The molecule has 0 unspecified atom stereocenters. The second kappa shape index (κ2) is 7.33. The first kappa shape index (κ1) is 18.2. The van der Waals surface area contributed by atoms with E-state index in [2.05, 4.69) is 4.98 Å². The first-order valence-corrected chi connectivity index (χ1v) is 9.14. The summed E-state index contributed by atoms with van der Waals surface area (Å²) in [5, 5.41) is 0.535. The number of carbonyl (C=O) groups excluding carboxylic acids is 1. The first-order chi connectivity index (χ1) is 12.4. The van der Waals surface area contributed by atoms with Gasteiger partial charge in [-0.3, -0.25) is 14.2 Å². The minimum atomic E-state index is -0.482. The highest BCUT2D eigenvalue weighted by Gasteiger charge is 2.21. The van der Waals surface area contributed by atoms with Crippen molar-refractivity contribution in [3.05, 3.63) is 63.9 Å². The van der Waals surface area contributed by atoms with E-state index < -0.39 is 5.25 Å². The van der Waals surface area contributed by atoms with Crippen molar-refractivity contribution in [2.75, 3.05) is 7.11 Å². The predicted octanol–water partition coefficient (Wildman–Crippen LogP) is 3.66. The summed E-state index contributed by atoms with van der Waals surface area (Å²) in [5.41, 5.74) is 3.24. The van der Waals surface area contributed by atoms with Gasteiger partial charge in [-0.1, -0.05) is 36.0 Å². The molecule has 26 heavy (non-hydrogen) atoms. The van der Waals surface area contributed by atoms with E-state index in [9.17, 15) is 9.59 Å². The number of thioether (sulfide) groups is 1. The molecule has 0 amide bonds. The molecule has 0 radical (unpaired) electrons. The van der Waals surface area contributed by atoms with E-state index in [1.54, 1.807) is 23.6 Å². The van der Waals surface area contributed by atoms with Crippen LogP contribution < -0.4 is 5.56 Å². The number of aromatic nitrogens is 2. The molecule has 5 nitrogen and oxygen atoms in total. The number of para-hydroxylation sites is 1. The van der Waals surface area contributed by atoms with Gasteiger partial charge in [-0.25, -0.2) is 4.98 Å². The van der Waals surface area contributed by atoms with E-state index in [4.69, 9.17) is 4.74 Å². The normalized spacial score (nSPS) is 12.2. The molecule has 1 heterocycles. The first-order valence-electron chi connectivity index (χ1n) is 8.26. The van der Waals surface area contributed by atoms with Gasteiger partial charge in [0.25, 0.3) is 5.56 Å². The van der Waals surface area contributed by atoms with Gasteiger partial charge in [0.2, 0.25) is 0 Å². The van der Waals surface area contributed by atoms with E-state index in [1.165, 1.54) is 18.9 Å². The summed E-state index contributed by atoms with van der Waals surface area (Å²) in [6, 6.07) is 13.2. The minimum absolute atomic E-state index is 0.149. The summed E-state index contributed by atoms with van der Waals surface area (Å²) in [5.74, 6) is -0.357. The monoisotopic (exact) mass is 368 g/mol. The third kappa shape index (κ3) is 3.37. The number of hydrogen-bond donors (Lipinski definition) is 0. The third-order valence-electron chi connectivity index (χ3n) is 4.17. The van der Waals surface area contributed by atoms with Crippen molar-refractivity contribution in [2.45, 2.75) is 31.2 Å². The van der Waals surface area contributed by atoms with Crippen molar-refractivity contribution in [3.63, 3.8) is 0 Å². The lowest BCUT2D eigenvalue weighted by molar-refractivity contribution is -0.139. The van der Waals surface area contributed by atoms with Gasteiger partial charge in [0.05, 0.1) is 23.7 Å². The number of benzene rings is 2. The van der Waals surface area contributed by atoms with Gasteiger partial charge < -0.3 is 4.74 Å². The molecule has 0 aliphatic heterocycles. The lowest BCUT2D eigenvalue weighted by Gasteiger charge is -2.17. The Morgan fingerprint density at radius 3 is 2.65 bits per heavy atom. The molecular formula is C20H20N2O3S. The van der Waals surface area contributed by atoms with Crippen molar-refractivity contribution < 1.29 is 9.53 Å². The summed E-state index contributed by atoms with van der Waals surface area (Å²) in [7, 11) is 1.35. The Balaban J connectivity index is 2.29. The van der Waals surface area contributed by atoms with E-state index in [1.807, 2.05) is 44.2 Å². The molecule has 1 atom stereocenters. The van der Waals surface area contributed by atoms with Crippen LogP contribution in [0.2, 0.25) is 0 Å². The maximum atomic E-state index is 13.2. The average molecular weight is 368 g/mol. The van der Waals surface area contributed by atoms with Crippen LogP contribution >= 0.6 is 11.8 Å². The van der Waals surface area contributed by atoms with Gasteiger partial charge in [-0.05, 0) is 50.1 Å². The van der Waals surface area contributed by atoms with Crippen molar-refractivity contribution in [1.29, 1.82) is 0 Å². The lowest BCUT2D eigenvalue weighted by Crippen LogP contribution is -2.24. The maximum absolute atomic E-state index is 13.2. The van der Waals surface area contributed by atoms with E-state index >= 15 is 0 Å². The zero-order valence-corrected chi connectivity index (χ0v) is 16.0. The maximum Gasteiger partial charge on any atom is 0.318 e. The molecule has 0 saturated carbocycles. The molecular weight excluding hydrogens is 348 g/mol. The molecule has 0 aliphatic carbocycles. The van der Waals surface area contributed by atoms with E-state index in [-0.39, 0.29) is 11.5 Å². The van der Waals surface area contributed by atoms with Gasteiger partial charge in [0.15, 0.2) is 5.16 Å². The summed E-state index contributed by atoms with van der Waals surface area (Å²) in [6.07, 6.45) is 0. The molecule has 0 bridgehead atoms. The van der Waals surface area contributed by atoms with Crippen LogP contribution in [0.3, 0.4) is 0 Å². The number of esters is 1. The highest BCUT2D eigenvalue weighted by Crippen LogP contribution is 2.27. The number of carbonyl (C=O) groups is 1. The van der Waals surface area contributed by atoms with Crippen molar-refractivity contribution in [2.24, 2.45) is 0 Å². The molecule has 0 N–H and O–H groups in total. The Bertz CT molecular complexity index is 1040. The Morgan fingerprint density at radius 2 is 1.92 bits per heavy atom. The Morgan fingerprint density at radius 1 is 1.19 bits per heavy atom. The van der Waals surface area contributed by atoms with Crippen LogP contribution in [0.1, 0.15) is 18.1 Å². The number of aryl methyl sites for hydroxylation is 2. The number of ether oxygens (including phenoxy) is 1. The van der Waals surface area contributed by atoms with Crippen molar-refractivity contribution in [1.82, 2.24) is 9.55 Å². The Hall–Kier alpha value is -2.60. The van der Waals surface area contributed by atoms with Crippen LogP contribution in [-0.4, -0.2) is 27.9 Å². The predicted molar refractivity (Wildman–Crippen MR) is 104 cm³/mol. The highest BCUT2D eigenvalue weighted by atomic mass is 32.2. The van der Waals surface area contributed by atoms with E-state index in [0.29, 0.717) is 16.1 Å². The van der Waals surface area contributed by atoms with Gasteiger partial charge >= 0.3 is 5.97 Å². The molecule has 2 aromatic carbocycles. The van der Waals surface area contributed by atoms with Gasteiger partial charge in [0.1, 0.15) is 5.25 Å². The number of rotatable bonds is 4. The standard InChI is InChI=1S/C20H20N2O3S/c1-12-9-10-13(2)17(11-12)22-18(23)15-7-5-6-8-16(15)21-20(22)26-14(3)19(24)25-4/h5-11,14H,1-4H3/t14-/m0/s1. The number of methoxy groups -OCH3 is 1. The lowest BCUT2D eigenvalue weighted by atomic mass is 10.1. The summed E-state index contributed by atoms with van der Waals surface area (Å²) < 4.78 is 6.41. The molecule has 6 heteroatoms. The third-order valence-corrected chi connectivity index (χ3v) is 5.20. The van der Waals surface area contributed by atoms with Crippen LogP contribution in [0.4, 0.5) is 0 Å². The molecule has 1 aromatic heterocycles. The summed E-state index contributed by atoms with van der Waals surface area (Å²) >= 11 is 1.22. The van der Waals surface area contributed by atoms with Crippen molar-refractivity contribution >= 4 is 28.6 Å². The molecule has 3 rings (SSSR count). The smallest absolute Gasteiger partial charge is 0.318 e. The number of hydrogen-bond acceptors (Lipinski definition) is 5. The summed E-state index contributed by atoms with van der Waals surface area (Å²) in [6.45, 7) is 5.67. The fraction of sp³-hybridized carbons (Fsp3) is 0.250. The largest absolute Gasteiger partial charge is 0.468 e. The minimum Gasteiger partial charge on any atom is -0.468 e. The Labute approximate surface area is 156 Å².